The molecule has 0 spiro atoms. The summed E-state index contributed by atoms with van der Waals surface area (Å²) < 4.78 is 15.8. The maximum atomic E-state index is 13.2. The first-order valence-corrected chi connectivity index (χ1v) is 11.2. The highest BCUT2D eigenvalue weighted by Gasteiger charge is 2.24. The van der Waals surface area contributed by atoms with Gasteiger partial charge in [-0.15, -0.1) is 0 Å². The molecular formula is C25H19BrFN5O. The maximum Gasteiger partial charge on any atom is 0.257 e. The molecular weight excluding hydrogens is 485 g/mol. The van der Waals surface area contributed by atoms with E-state index in [0.717, 1.165) is 15.7 Å². The van der Waals surface area contributed by atoms with E-state index in [9.17, 15) is 9.18 Å². The Morgan fingerprint density at radius 2 is 1.64 bits per heavy atom. The Bertz CT molecular complexity index is 1480. The summed E-state index contributed by atoms with van der Waals surface area (Å²) >= 11 is 3.45. The second-order valence-electron chi connectivity index (χ2n) is 7.59. The lowest BCUT2D eigenvalue weighted by Gasteiger charge is -2.08. The summed E-state index contributed by atoms with van der Waals surface area (Å²) in [6, 6.07) is 21.3. The molecule has 1 amide bonds. The molecule has 5 aromatic rings. The van der Waals surface area contributed by atoms with Crippen LogP contribution in [0.4, 0.5) is 10.2 Å². The number of halogens is 2. The predicted octanol–water partition coefficient (Wildman–Crippen LogP) is 5.03. The molecule has 3 aromatic carbocycles. The molecule has 0 saturated heterocycles. The Labute approximate surface area is 197 Å². The number of amides is 1. The summed E-state index contributed by atoms with van der Waals surface area (Å²) in [6.07, 6.45) is 0.561. The molecule has 0 fully saturated rings. The zero-order valence-corrected chi connectivity index (χ0v) is 19.0. The topological polar surface area (TPSA) is 85.8 Å². The van der Waals surface area contributed by atoms with E-state index in [1.54, 1.807) is 16.7 Å². The van der Waals surface area contributed by atoms with Gasteiger partial charge in [-0.25, -0.2) is 14.4 Å². The molecule has 0 aliphatic carbocycles. The summed E-state index contributed by atoms with van der Waals surface area (Å²) in [5.41, 5.74) is 10.8. The molecule has 0 saturated carbocycles. The Morgan fingerprint density at radius 3 is 2.33 bits per heavy atom. The largest absolute Gasteiger partial charge is 0.384 e. The van der Waals surface area contributed by atoms with E-state index in [4.69, 9.17) is 15.7 Å². The van der Waals surface area contributed by atoms with E-state index in [1.807, 2.05) is 48.5 Å². The van der Waals surface area contributed by atoms with Crippen LogP contribution in [-0.4, -0.2) is 27.0 Å². The number of benzene rings is 3. The van der Waals surface area contributed by atoms with Crippen LogP contribution in [0.15, 0.2) is 77.3 Å². The maximum absolute atomic E-state index is 13.2. The standard InChI is InChI=1S/C25H19BrFN5O/c26-16-7-11-18(12-8-16)32-23(28)21(22-24(32)31-20-4-2-1-3-19(20)30-22)25(33)29-14-13-15-5-9-17(27)10-6-15/h1-12H,13-14,28H2,(H,29,33). The van der Waals surface area contributed by atoms with Gasteiger partial charge in [-0.1, -0.05) is 40.2 Å². The number of para-hydroxylation sites is 2. The molecule has 5 rings (SSSR count). The van der Waals surface area contributed by atoms with Crippen molar-refractivity contribution >= 4 is 49.9 Å². The number of nitrogen functional groups attached to an aromatic ring is 1. The van der Waals surface area contributed by atoms with Crippen molar-refractivity contribution in [3.8, 4) is 5.69 Å². The predicted molar refractivity (Wildman–Crippen MR) is 131 cm³/mol. The van der Waals surface area contributed by atoms with Gasteiger partial charge in [0.25, 0.3) is 5.91 Å². The SMILES string of the molecule is Nc1c(C(=O)NCCc2ccc(F)cc2)c2nc3ccccc3nc2n1-c1ccc(Br)cc1. The molecule has 0 aliphatic heterocycles. The molecule has 33 heavy (non-hydrogen) atoms. The van der Waals surface area contributed by atoms with Crippen molar-refractivity contribution in [2.24, 2.45) is 0 Å². The third kappa shape index (κ3) is 4.05. The Hall–Kier alpha value is -3.78. The van der Waals surface area contributed by atoms with Crippen LogP contribution in [0.1, 0.15) is 15.9 Å². The fourth-order valence-electron chi connectivity index (χ4n) is 3.80. The summed E-state index contributed by atoms with van der Waals surface area (Å²) in [5.74, 6) is -0.357. The number of hydrogen-bond acceptors (Lipinski definition) is 4. The lowest BCUT2D eigenvalue weighted by atomic mass is 10.1. The van der Waals surface area contributed by atoms with Crippen molar-refractivity contribution in [1.29, 1.82) is 0 Å². The molecule has 0 unspecified atom stereocenters. The van der Waals surface area contributed by atoms with E-state index in [2.05, 4.69) is 21.2 Å². The minimum absolute atomic E-state index is 0.266. The molecule has 2 aromatic heterocycles. The number of fused-ring (bicyclic) bond motifs is 2. The fraction of sp³-hybridized carbons (Fsp3) is 0.0800. The van der Waals surface area contributed by atoms with Crippen LogP contribution in [0.5, 0.6) is 0 Å². The van der Waals surface area contributed by atoms with Crippen LogP contribution >= 0.6 is 15.9 Å². The van der Waals surface area contributed by atoms with E-state index in [-0.39, 0.29) is 23.1 Å². The Kier molecular flexibility index (Phi) is 5.51. The van der Waals surface area contributed by atoms with Gasteiger partial charge in [0.15, 0.2) is 5.65 Å². The van der Waals surface area contributed by atoms with Crippen LogP contribution in [0.3, 0.4) is 0 Å². The number of carbonyl (C=O) groups is 1. The van der Waals surface area contributed by atoms with Crippen molar-refractivity contribution < 1.29 is 9.18 Å². The lowest BCUT2D eigenvalue weighted by molar-refractivity contribution is 0.0956. The van der Waals surface area contributed by atoms with Crippen molar-refractivity contribution in [1.82, 2.24) is 19.9 Å². The zero-order chi connectivity index (χ0) is 22.9. The van der Waals surface area contributed by atoms with Crippen LogP contribution in [0.2, 0.25) is 0 Å². The highest BCUT2D eigenvalue weighted by Crippen LogP contribution is 2.31. The zero-order valence-electron chi connectivity index (χ0n) is 17.4. The van der Waals surface area contributed by atoms with Gasteiger partial charge in [-0.05, 0) is 60.5 Å². The quantitative estimate of drug-likeness (QED) is 0.352. The molecule has 8 heteroatoms. The number of nitrogens with two attached hydrogens (primary N) is 1. The highest BCUT2D eigenvalue weighted by atomic mass is 79.9. The van der Waals surface area contributed by atoms with Gasteiger partial charge in [0.05, 0.1) is 11.0 Å². The van der Waals surface area contributed by atoms with Gasteiger partial charge < -0.3 is 11.1 Å². The molecule has 0 bridgehead atoms. The van der Waals surface area contributed by atoms with E-state index < -0.39 is 0 Å². The summed E-state index contributed by atoms with van der Waals surface area (Å²) in [7, 11) is 0. The number of nitrogens with zero attached hydrogens (tertiary/aromatic N) is 3. The van der Waals surface area contributed by atoms with Gasteiger partial charge >= 0.3 is 0 Å². The average Bonchev–Trinajstić information content (AvgIpc) is 3.10. The molecule has 164 valence electrons. The molecule has 0 radical (unpaired) electrons. The van der Waals surface area contributed by atoms with Gasteiger partial charge in [-0.3, -0.25) is 9.36 Å². The number of anilines is 1. The molecule has 6 nitrogen and oxygen atoms in total. The second-order valence-corrected chi connectivity index (χ2v) is 8.50. The monoisotopic (exact) mass is 503 g/mol. The summed E-state index contributed by atoms with van der Waals surface area (Å²) in [6.45, 7) is 0.371. The third-order valence-corrected chi connectivity index (χ3v) is 5.95. The van der Waals surface area contributed by atoms with E-state index in [1.165, 1.54) is 12.1 Å². The number of nitrogens with one attached hydrogen (secondary N) is 1. The van der Waals surface area contributed by atoms with E-state index >= 15 is 0 Å². The van der Waals surface area contributed by atoms with Crippen LogP contribution < -0.4 is 11.1 Å². The summed E-state index contributed by atoms with van der Waals surface area (Å²) in [5, 5.41) is 2.92. The van der Waals surface area contributed by atoms with Gasteiger partial charge in [-0.2, -0.15) is 0 Å². The van der Waals surface area contributed by atoms with Crippen molar-refractivity contribution in [2.75, 3.05) is 12.3 Å². The van der Waals surface area contributed by atoms with Crippen molar-refractivity contribution in [2.45, 2.75) is 6.42 Å². The number of carbonyl (C=O) groups excluding carboxylic acids is 1. The summed E-state index contributed by atoms with van der Waals surface area (Å²) in [4.78, 5) is 22.7. The Morgan fingerprint density at radius 1 is 0.970 bits per heavy atom. The first kappa shape index (κ1) is 21.1. The smallest absolute Gasteiger partial charge is 0.257 e. The average molecular weight is 504 g/mol. The minimum Gasteiger partial charge on any atom is -0.384 e. The lowest BCUT2D eigenvalue weighted by Crippen LogP contribution is -2.26. The molecule has 0 atom stereocenters. The first-order valence-electron chi connectivity index (χ1n) is 10.4. The third-order valence-electron chi connectivity index (χ3n) is 5.42. The fourth-order valence-corrected chi connectivity index (χ4v) is 4.06. The normalized spacial score (nSPS) is 11.2. The highest BCUT2D eigenvalue weighted by molar-refractivity contribution is 9.10. The Balaban J connectivity index is 1.56. The number of aromatic nitrogens is 3. The number of hydrogen-bond donors (Lipinski definition) is 2. The van der Waals surface area contributed by atoms with Crippen LogP contribution in [0.25, 0.3) is 27.9 Å². The second kappa shape index (κ2) is 8.63. The van der Waals surface area contributed by atoms with Crippen molar-refractivity contribution in [3.63, 3.8) is 0 Å². The van der Waals surface area contributed by atoms with Gasteiger partial charge in [0, 0.05) is 16.7 Å². The molecule has 0 aliphatic rings. The molecule has 3 N–H and O–H groups in total. The minimum atomic E-state index is -0.333. The van der Waals surface area contributed by atoms with E-state index in [0.29, 0.717) is 35.2 Å². The molecule has 2 heterocycles. The van der Waals surface area contributed by atoms with Crippen LogP contribution in [0, 0.1) is 5.82 Å². The number of rotatable bonds is 5. The van der Waals surface area contributed by atoms with Gasteiger partial charge in [0.2, 0.25) is 0 Å². The van der Waals surface area contributed by atoms with Gasteiger partial charge in [0.1, 0.15) is 22.7 Å². The van der Waals surface area contributed by atoms with Crippen LogP contribution in [-0.2, 0) is 6.42 Å². The van der Waals surface area contributed by atoms with Crippen molar-refractivity contribution in [3.05, 3.63) is 94.2 Å². The first-order chi connectivity index (χ1) is 16.0.